The van der Waals surface area contributed by atoms with Gasteiger partial charge in [-0.25, -0.2) is 13.1 Å². The van der Waals surface area contributed by atoms with Crippen molar-refractivity contribution in [3.8, 4) is 0 Å². The van der Waals surface area contributed by atoms with E-state index < -0.39 is 20.6 Å². The first kappa shape index (κ1) is 14.9. The second kappa shape index (κ2) is 5.64. The Morgan fingerprint density at radius 2 is 2.11 bits per heavy atom. The van der Waals surface area contributed by atoms with Crippen LogP contribution < -0.4 is 4.72 Å². The Labute approximate surface area is 110 Å². The standard InChI is InChI=1S/C10H13ClN2O4S/c1-3-7(2)12-18(16,17)10-5-4-8(11)6-9(10)13(14)15/h4-7,12H,3H2,1-2H3/t7-/m0/s1. The lowest BCUT2D eigenvalue weighted by molar-refractivity contribution is -0.387. The minimum absolute atomic E-state index is 0.115. The number of hydrogen-bond acceptors (Lipinski definition) is 4. The van der Waals surface area contributed by atoms with Crippen molar-refractivity contribution in [3.63, 3.8) is 0 Å². The molecule has 0 amide bonds. The lowest BCUT2D eigenvalue weighted by Gasteiger charge is -2.12. The molecule has 1 atom stereocenters. The zero-order valence-corrected chi connectivity index (χ0v) is 11.5. The second-order valence-electron chi connectivity index (χ2n) is 3.80. The first-order valence-electron chi connectivity index (χ1n) is 5.24. The van der Waals surface area contributed by atoms with Crippen LogP contribution in [0.1, 0.15) is 20.3 Å². The van der Waals surface area contributed by atoms with Crippen molar-refractivity contribution in [2.24, 2.45) is 0 Å². The smallest absolute Gasteiger partial charge is 0.258 e. The lowest BCUT2D eigenvalue weighted by Crippen LogP contribution is -2.32. The van der Waals surface area contributed by atoms with E-state index in [1.807, 2.05) is 6.92 Å². The third-order valence-corrected chi connectivity index (χ3v) is 4.25. The van der Waals surface area contributed by atoms with Gasteiger partial charge in [-0.2, -0.15) is 0 Å². The topological polar surface area (TPSA) is 89.3 Å². The highest BCUT2D eigenvalue weighted by molar-refractivity contribution is 7.89. The monoisotopic (exact) mass is 292 g/mol. The van der Waals surface area contributed by atoms with Gasteiger partial charge in [-0.15, -0.1) is 0 Å². The third kappa shape index (κ3) is 3.41. The predicted molar refractivity (Wildman–Crippen MR) is 68.2 cm³/mol. The molecule has 0 heterocycles. The minimum atomic E-state index is -3.91. The molecule has 1 N–H and O–H groups in total. The zero-order valence-electron chi connectivity index (χ0n) is 9.88. The minimum Gasteiger partial charge on any atom is -0.258 e. The van der Waals surface area contributed by atoms with Crippen LogP contribution in [0.15, 0.2) is 23.1 Å². The molecule has 0 aliphatic heterocycles. The fourth-order valence-corrected chi connectivity index (χ4v) is 2.92. The molecule has 0 saturated heterocycles. The fraction of sp³-hybridized carbons (Fsp3) is 0.400. The maximum atomic E-state index is 12.0. The SMILES string of the molecule is CC[C@H](C)NS(=O)(=O)c1ccc(Cl)cc1[N+](=O)[O-]. The molecule has 1 aromatic carbocycles. The van der Waals surface area contributed by atoms with Crippen LogP contribution in [0.3, 0.4) is 0 Å². The molecule has 0 aliphatic carbocycles. The predicted octanol–water partition coefficient (Wildman–Crippen LogP) is 2.33. The van der Waals surface area contributed by atoms with E-state index in [0.717, 1.165) is 12.1 Å². The van der Waals surface area contributed by atoms with E-state index in [-0.39, 0.29) is 16.0 Å². The van der Waals surface area contributed by atoms with Crippen molar-refractivity contribution in [1.29, 1.82) is 0 Å². The van der Waals surface area contributed by atoms with Crippen LogP contribution in [0.4, 0.5) is 5.69 Å². The van der Waals surface area contributed by atoms with Gasteiger partial charge in [0, 0.05) is 17.1 Å². The van der Waals surface area contributed by atoms with Gasteiger partial charge >= 0.3 is 0 Å². The van der Waals surface area contributed by atoms with Gasteiger partial charge in [-0.3, -0.25) is 10.1 Å². The molecular formula is C10H13ClN2O4S. The maximum Gasteiger partial charge on any atom is 0.290 e. The van der Waals surface area contributed by atoms with Crippen molar-refractivity contribution in [2.45, 2.75) is 31.2 Å². The average Bonchev–Trinajstić information content (AvgIpc) is 2.27. The van der Waals surface area contributed by atoms with Gasteiger partial charge in [0.15, 0.2) is 4.90 Å². The number of rotatable bonds is 5. The first-order chi connectivity index (χ1) is 8.27. The summed E-state index contributed by atoms with van der Waals surface area (Å²) in [5, 5.41) is 10.9. The molecule has 0 aromatic heterocycles. The molecule has 8 heteroatoms. The Morgan fingerprint density at radius 3 is 2.61 bits per heavy atom. The van der Waals surface area contributed by atoms with Crippen molar-refractivity contribution in [2.75, 3.05) is 0 Å². The molecule has 1 rings (SSSR count). The quantitative estimate of drug-likeness (QED) is 0.666. The molecule has 0 fully saturated rings. The number of nitro groups is 1. The maximum absolute atomic E-state index is 12.0. The summed E-state index contributed by atoms with van der Waals surface area (Å²) in [7, 11) is -3.91. The second-order valence-corrected chi connectivity index (χ2v) is 5.92. The Balaban J connectivity index is 3.28. The molecule has 0 saturated carbocycles. The molecule has 6 nitrogen and oxygen atoms in total. The summed E-state index contributed by atoms with van der Waals surface area (Å²) in [6, 6.07) is 3.16. The van der Waals surface area contributed by atoms with Gasteiger partial charge in [0.1, 0.15) is 0 Å². The van der Waals surface area contributed by atoms with Crippen molar-refractivity contribution in [3.05, 3.63) is 33.3 Å². The van der Waals surface area contributed by atoms with Crippen LogP contribution >= 0.6 is 11.6 Å². The van der Waals surface area contributed by atoms with Gasteiger partial charge in [0.25, 0.3) is 5.69 Å². The molecular weight excluding hydrogens is 280 g/mol. The molecule has 1 aromatic rings. The van der Waals surface area contributed by atoms with Crippen LogP contribution in [-0.2, 0) is 10.0 Å². The Hall–Kier alpha value is -1.18. The summed E-state index contributed by atoms with van der Waals surface area (Å²) < 4.78 is 26.3. The molecule has 0 bridgehead atoms. The highest BCUT2D eigenvalue weighted by Crippen LogP contribution is 2.27. The van der Waals surface area contributed by atoms with Crippen LogP contribution in [-0.4, -0.2) is 19.4 Å². The average molecular weight is 293 g/mol. The molecule has 0 aliphatic rings. The Morgan fingerprint density at radius 1 is 1.50 bits per heavy atom. The van der Waals surface area contributed by atoms with Crippen molar-refractivity contribution >= 4 is 27.3 Å². The summed E-state index contributed by atoms with van der Waals surface area (Å²) >= 11 is 5.62. The van der Waals surface area contributed by atoms with E-state index in [4.69, 9.17) is 11.6 Å². The van der Waals surface area contributed by atoms with Gasteiger partial charge in [0.05, 0.1) is 4.92 Å². The van der Waals surface area contributed by atoms with Crippen LogP contribution in [0.25, 0.3) is 0 Å². The lowest BCUT2D eigenvalue weighted by atomic mass is 10.3. The van der Waals surface area contributed by atoms with E-state index in [1.165, 1.54) is 6.07 Å². The van der Waals surface area contributed by atoms with Crippen molar-refractivity contribution in [1.82, 2.24) is 4.72 Å². The number of halogens is 1. The summed E-state index contributed by atoms with van der Waals surface area (Å²) in [6.07, 6.45) is 0.584. The van der Waals surface area contributed by atoms with Crippen LogP contribution in [0, 0.1) is 10.1 Å². The third-order valence-electron chi connectivity index (χ3n) is 2.38. The number of sulfonamides is 1. The van der Waals surface area contributed by atoms with E-state index in [2.05, 4.69) is 4.72 Å². The molecule has 100 valence electrons. The summed E-state index contributed by atoms with van der Waals surface area (Å²) in [5.74, 6) is 0. The fourth-order valence-electron chi connectivity index (χ4n) is 1.27. The highest BCUT2D eigenvalue weighted by atomic mass is 35.5. The number of nitro benzene ring substituents is 1. The molecule has 0 radical (unpaired) electrons. The van der Waals surface area contributed by atoms with Gasteiger partial charge in [-0.05, 0) is 25.5 Å². The van der Waals surface area contributed by atoms with Gasteiger partial charge in [-0.1, -0.05) is 18.5 Å². The van der Waals surface area contributed by atoms with E-state index in [0.29, 0.717) is 6.42 Å². The summed E-state index contributed by atoms with van der Waals surface area (Å²) in [4.78, 5) is 9.69. The van der Waals surface area contributed by atoms with E-state index >= 15 is 0 Å². The van der Waals surface area contributed by atoms with Gasteiger partial charge in [0.2, 0.25) is 10.0 Å². The largest absolute Gasteiger partial charge is 0.290 e. The highest BCUT2D eigenvalue weighted by Gasteiger charge is 2.26. The molecule has 0 unspecified atom stereocenters. The van der Waals surface area contributed by atoms with Crippen LogP contribution in [0.5, 0.6) is 0 Å². The number of benzene rings is 1. The number of hydrogen-bond donors (Lipinski definition) is 1. The van der Waals surface area contributed by atoms with E-state index in [1.54, 1.807) is 6.92 Å². The molecule has 18 heavy (non-hydrogen) atoms. The number of nitrogens with zero attached hydrogens (tertiary/aromatic N) is 1. The zero-order chi connectivity index (χ0) is 13.9. The van der Waals surface area contributed by atoms with E-state index in [9.17, 15) is 18.5 Å². The summed E-state index contributed by atoms with van der Waals surface area (Å²) in [6.45, 7) is 3.49. The normalized spacial score (nSPS) is 13.3. The van der Waals surface area contributed by atoms with Crippen molar-refractivity contribution < 1.29 is 13.3 Å². The number of nitrogens with one attached hydrogen (secondary N) is 1. The Kier molecular flexibility index (Phi) is 4.66. The molecule has 0 spiro atoms. The summed E-state index contributed by atoms with van der Waals surface area (Å²) in [5.41, 5.74) is -0.529. The van der Waals surface area contributed by atoms with Gasteiger partial charge < -0.3 is 0 Å². The first-order valence-corrected chi connectivity index (χ1v) is 7.10. The van der Waals surface area contributed by atoms with Crippen LogP contribution in [0.2, 0.25) is 5.02 Å². The Bertz CT molecular complexity index is 559.